The van der Waals surface area contributed by atoms with E-state index in [1.807, 2.05) is 5.43 Å². The van der Waals surface area contributed by atoms with E-state index in [2.05, 4.69) is 5.43 Å². The molecule has 0 unspecified atom stereocenters. The van der Waals surface area contributed by atoms with E-state index >= 15 is 0 Å². The third-order valence-electron chi connectivity index (χ3n) is 3.21. The first-order valence-corrected chi connectivity index (χ1v) is 5.77. The number of carbonyl (C=O) groups is 1. The summed E-state index contributed by atoms with van der Waals surface area (Å²) in [5, 5.41) is 9.55. The lowest BCUT2D eigenvalue weighted by molar-refractivity contribution is -0.215. The summed E-state index contributed by atoms with van der Waals surface area (Å²) in [5.74, 6) is -5.96. The summed E-state index contributed by atoms with van der Waals surface area (Å²) in [6, 6.07) is 4.80. The Morgan fingerprint density at radius 3 is 2.32 bits per heavy atom. The molecule has 1 fully saturated rings. The van der Waals surface area contributed by atoms with Crippen molar-refractivity contribution in [3.63, 3.8) is 0 Å². The molecule has 0 bridgehead atoms. The zero-order valence-electron chi connectivity index (χ0n) is 9.92. The van der Waals surface area contributed by atoms with Gasteiger partial charge in [-0.05, 0) is 43.5 Å². The van der Waals surface area contributed by atoms with Crippen molar-refractivity contribution in [3.8, 4) is 0 Å². The van der Waals surface area contributed by atoms with Gasteiger partial charge in [0.25, 0.3) is 0 Å². The summed E-state index contributed by atoms with van der Waals surface area (Å²) in [5.41, 5.74) is 2.05. The minimum atomic E-state index is -3.86. The van der Waals surface area contributed by atoms with Gasteiger partial charge in [0.05, 0.1) is 5.69 Å². The molecular formula is C12H13F3N2O2. The van der Waals surface area contributed by atoms with Crippen LogP contribution in [0.1, 0.15) is 19.3 Å². The molecule has 4 nitrogen and oxygen atoms in total. The summed E-state index contributed by atoms with van der Waals surface area (Å²) >= 11 is 0. The van der Waals surface area contributed by atoms with Gasteiger partial charge in [-0.15, -0.1) is 0 Å². The first-order chi connectivity index (χ1) is 8.85. The number of carbonyl (C=O) groups excluding carboxylic acids is 1. The molecule has 19 heavy (non-hydrogen) atoms. The van der Waals surface area contributed by atoms with Crippen LogP contribution in [0.4, 0.5) is 18.9 Å². The number of aliphatic hydroxyl groups is 1. The van der Waals surface area contributed by atoms with Crippen molar-refractivity contribution in [1.29, 1.82) is 0 Å². The lowest BCUT2D eigenvalue weighted by Gasteiger charge is -2.41. The maximum atomic E-state index is 13.7. The fourth-order valence-corrected chi connectivity index (χ4v) is 1.78. The second-order valence-corrected chi connectivity index (χ2v) is 4.55. The van der Waals surface area contributed by atoms with E-state index in [4.69, 9.17) is 0 Å². The van der Waals surface area contributed by atoms with Gasteiger partial charge >= 0.3 is 11.8 Å². The topological polar surface area (TPSA) is 61.4 Å². The van der Waals surface area contributed by atoms with Crippen molar-refractivity contribution in [2.75, 3.05) is 5.43 Å². The molecule has 2 rings (SSSR count). The molecule has 1 aliphatic carbocycles. The molecule has 1 aromatic rings. The summed E-state index contributed by atoms with van der Waals surface area (Å²) < 4.78 is 39.9. The van der Waals surface area contributed by atoms with Gasteiger partial charge in [0.15, 0.2) is 0 Å². The Morgan fingerprint density at radius 2 is 1.84 bits per heavy atom. The molecule has 0 atom stereocenters. The van der Waals surface area contributed by atoms with E-state index in [9.17, 15) is 23.1 Å². The Kier molecular flexibility index (Phi) is 3.40. The van der Waals surface area contributed by atoms with E-state index < -0.39 is 23.2 Å². The molecule has 0 radical (unpaired) electrons. The van der Waals surface area contributed by atoms with Gasteiger partial charge < -0.3 is 5.11 Å². The Labute approximate surface area is 107 Å². The summed E-state index contributed by atoms with van der Waals surface area (Å²) in [6.45, 7) is 0. The van der Waals surface area contributed by atoms with Crippen molar-refractivity contribution in [2.24, 2.45) is 0 Å². The fourth-order valence-electron chi connectivity index (χ4n) is 1.78. The molecule has 1 aliphatic rings. The van der Waals surface area contributed by atoms with E-state index in [1.54, 1.807) is 0 Å². The van der Waals surface area contributed by atoms with Crippen LogP contribution in [-0.2, 0) is 4.79 Å². The molecule has 0 aliphatic heterocycles. The third-order valence-corrected chi connectivity index (χ3v) is 3.21. The number of benzene rings is 1. The Balaban J connectivity index is 1.95. The van der Waals surface area contributed by atoms with Gasteiger partial charge in [-0.25, -0.2) is 4.39 Å². The molecule has 7 heteroatoms. The smallest absolute Gasteiger partial charge is 0.354 e. The van der Waals surface area contributed by atoms with Crippen molar-refractivity contribution in [3.05, 3.63) is 30.1 Å². The standard InChI is InChI=1S/C12H13F3N2O2/c13-8-2-4-9(5-3-8)16-17-10(18)12(14,15)11(19)6-1-7-11/h2-5,16,19H,1,6-7H2,(H,17,18). The summed E-state index contributed by atoms with van der Waals surface area (Å²) in [7, 11) is 0. The van der Waals surface area contributed by atoms with E-state index in [1.165, 1.54) is 12.1 Å². The van der Waals surface area contributed by atoms with Gasteiger partial charge in [-0.1, -0.05) is 0 Å². The van der Waals surface area contributed by atoms with Crippen molar-refractivity contribution in [2.45, 2.75) is 30.8 Å². The largest absolute Gasteiger partial charge is 0.383 e. The van der Waals surface area contributed by atoms with Crippen LogP contribution in [0.2, 0.25) is 0 Å². The van der Waals surface area contributed by atoms with Crippen LogP contribution < -0.4 is 10.9 Å². The molecule has 0 spiro atoms. The quantitative estimate of drug-likeness (QED) is 0.734. The Bertz CT molecular complexity index is 472. The average molecular weight is 274 g/mol. The molecule has 0 saturated heterocycles. The van der Waals surface area contributed by atoms with Crippen LogP contribution in [0.25, 0.3) is 0 Å². The molecule has 1 aromatic carbocycles. The number of nitrogens with one attached hydrogen (secondary N) is 2. The lowest BCUT2D eigenvalue weighted by Crippen LogP contribution is -2.61. The molecule has 1 amide bonds. The number of halogens is 3. The second-order valence-electron chi connectivity index (χ2n) is 4.55. The van der Waals surface area contributed by atoms with Crippen molar-refractivity contribution >= 4 is 11.6 Å². The van der Waals surface area contributed by atoms with Gasteiger partial charge in [-0.2, -0.15) is 8.78 Å². The highest BCUT2D eigenvalue weighted by molar-refractivity contribution is 5.86. The monoisotopic (exact) mass is 274 g/mol. The maximum absolute atomic E-state index is 13.7. The van der Waals surface area contributed by atoms with Gasteiger partial charge in [0.1, 0.15) is 11.4 Å². The van der Waals surface area contributed by atoms with Gasteiger partial charge in [0.2, 0.25) is 0 Å². The first kappa shape index (κ1) is 13.7. The van der Waals surface area contributed by atoms with Crippen LogP contribution in [0.5, 0.6) is 0 Å². The predicted molar refractivity (Wildman–Crippen MR) is 61.9 cm³/mol. The highest BCUT2D eigenvalue weighted by atomic mass is 19.3. The van der Waals surface area contributed by atoms with E-state index in [0.717, 1.165) is 12.1 Å². The van der Waals surface area contributed by atoms with E-state index in [0.29, 0.717) is 6.42 Å². The summed E-state index contributed by atoms with van der Waals surface area (Å²) in [4.78, 5) is 11.4. The average Bonchev–Trinajstić information content (AvgIpc) is 2.34. The van der Waals surface area contributed by atoms with Crippen LogP contribution in [0.15, 0.2) is 24.3 Å². The number of hydrogen-bond donors (Lipinski definition) is 3. The Morgan fingerprint density at radius 1 is 1.26 bits per heavy atom. The first-order valence-electron chi connectivity index (χ1n) is 5.77. The molecule has 3 N–H and O–H groups in total. The maximum Gasteiger partial charge on any atom is 0.354 e. The highest BCUT2D eigenvalue weighted by Gasteiger charge is 2.61. The normalized spacial score (nSPS) is 17.5. The highest BCUT2D eigenvalue weighted by Crippen LogP contribution is 2.44. The zero-order valence-corrected chi connectivity index (χ0v) is 9.92. The number of alkyl halides is 2. The van der Waals surface area contributed by atoms with Crippen LogP contribution in [-0.4, -0.2) is 22.5 Å². The van der Waals surface area contributed by atoms with Gasteiger partial charge in [0, 0.05) is 0 Å². The van der Waals surface area contributed by atoms with Crippen molar-refractivity contribution < 1.29 is 23.1 Å². The molecule has 104 valence electrons. The van der Waals surface area contributed by atoms with Crippen molar-refractivity contribution in [1.82, 2.24) is 5.43 Å². The minimum absolute atomic E-state index is 0.107. The van der Waals surface area contributed by atoms with Crippen LogP contribution >= 0.6 is 0 Å². The Hall–Kier alpha value is -1.76. The summed E-state index contributed by atoms with van der Waals surface area (Å²) in [6.07, 6.45) is 0.249. The van der Waals surface area contributed by atoms with Crippen LogP contribution in [0, 0.1) is 5.82 Å². The number of hydrazine groups is 1. The molecular weight excluding hydrogens is 261 g/mol. The second kappa shape index (κ2) is 4.73. The number of rotatable bonds is 4. The molecule has 0 heterocycles. The predicted octanol–water partition coefficient (Wildman–Crippen LogP) is 1.82. The third kappa shape index (κ3) is 2.51. The molecule has 1 saturated carbocycles. The van der Waals surface area contributed by atoms with Gasteiger partial charge in [-0.3, -0.25) is 15.6 Å². The van der Waals surface area contributed by atoms with Crippen LogP contribution in [0.3, 0.4) is 0 Å². The molecule has 0 aromatic heterocycles. The number of hydrogen-bond acceptors (Lipinski definition) is 3. The number of anilines is 1. The minimum Gasteiger partial charge on any atom is -0.383 e. The SMILES string of the molecule is O=C(NNc1ccc(F)cc1)C(F)(F)C1(O)CCC1. The fraction of sp³-hybridized carbons (Fsp3) is 0.417. The lowest BCUT2D eigenvalue weighted by atomic mass is 9.75. The van der Waals surface area contributed by atoms with E-state index in [-0.39, 0.29) is 18.5 Å². The zero-order chi connectivity index (χ0) is 14.1. The number of amides is 1.